The van der Waals surface area contributed by atoms with Crippen LogP contribution in [0.5, 0.6) is 0 Å². The first-order chi connectivity index (χ1) is 13.7. The Hall–Kier alpha value is -2.45. The van der Waals surface area contributed by atoms with Crippen LogP contribution in [0.15, 0.2) is 45.4 Å². The lowest BCUT2D eigenvalue weighted by atomic mass is 10.1. The largest absolute Gasteiger partial charge is 0.467 e. The van der Waals surface area contributed by atoms with Crippen LogP contribution in [0.1, 0.15) is 35.9 Å². The van der Waals surface area contributed by atoms with Gasteiger partial charge in [0.1, 0.15) is 18.3 Å². The minimum absolute atomic E-state index is 0.00285. The summed E-state index contributed by atoms with van der Waals surface area (Å²) in [6.07, 6.45) is 3.99. The van der Waals surface area contributed by atoms with Gasteiger partial charge in [0.05, 0.1) is 23.5 Å². The number of furan rings is 1. The minimum atomic E-state index is -0.292. The van der Waals surface area contributed by atoms with Gasteiger partial charge >= 0.3 is 0 Å². The third-order valence-electron chi connectivity index (χ3n) is 4.97. The molecule has 7 nitrogen and oxygen atoms in total. The number of hydrazone groups is 1. The molecule has 1 aliphatic carbocycles. The molecule has 0 radical (unpaired) electrons. The summed E-state index contributed by atoms with van der Waals surface area (Å²) in [6, 6.07) is 7.34. The Labute approximate surface area is 167 Å². The van der Waals surface area contributed by atoms with E-state index in [1.807, 2.05) is 29.6 Å². The minimum Gasteiger partial charge on any atom is -0.467 e. The van der Waals surface area contributed by atoms with Crippen LogP contribution >= 0.6 is 11.3 Å². The normalized spacial score (nSPS) is 19.0. The van der Waals surface area contributed by atoms with Crippen molar-refractivity contribution in [3.8, 4) is 0 Å². The van der Waals surface area contributed by atoms with Gasteiger partial charge in [-0.1, -0.05) is 6.07 Å². The second-order valence-electron chi connectivity index (χ2n) is 7.02. The van der Waals surface area contributed by atoms with Crippen molar-refractivity contribution in [2.24, 2.45) is 11.0 Å². The Balaban J connectivity index is 1.54. The number of hydrogen-bond acceptors (Lipinski definition) is 6. The predicted molar refractivity (Wildman–Crippen MR) is 105 cm³/mol. The summed E-state index contributed by atoms with van der Waals surface area (Å²) < 4.78 is 10.7. The van der Waals surface area contributed by atoms with Crippen LogP contribution in [-0.2, 0) is 14.3 Å². The Morgan fingerprint density at radius 2 is 2.21 bits per heavy atom. The molecule has 4 rings (SSSR count). The number of hydrogen-bond donors (Lipinski definition) is 0. The van der Waals surface area contributed by atoms with E-state index >= 15 is 0 Å². The predicted octanol–water partition coefficient (Wildman–Crippen LogP) is 2.90. The van der Waals surface area contributed by atoms with E-state index in [1.54, 1.807) is 29.6 Å². The van der Waals surface area contributed by atoms with Crippen molar-refractivity contribution in [2.75, 3.05) is 26.8 Å². The highest BCUT2D eigenvalue weighted by molar-refractivity contribution is 7.12. The van der Waals surface area contributed by atoms with Gasteiger partial charge in [0.15, 0.2) is 0 Å². The monoisotopic (exact) mass is 401 g/mol. The van der Waals surface area contributed by atoms with E-state index in [2.05, 4.69) is 5.10 Å². The molecule has 2 aliphatic rings. The highest BCUT2D eigenvalue weighted by Crippen LogP contribution is 2.35. The van der Waals surface area contributed by atoms with Gasteiger partial charge in [0.2, 0.25) is 5.91 Å². The van der Waals surface area contributed by atoms with Gasteiger partial charge in [-0.2, -0.15) is 5.10 Å². The standard InChI is InChI=1S/C20H23N3O4S/c1-26-10-8-22(20(25)14-6-7-14)13-19(24)23-16(17-4-2-9-27-17)12-15(21-23)18-5-3-11-28-18/h2-5,9,11,14,16H,6-8,10,12-13H2,1H3/t16-/m1/s1. The van der Waals surface area contributed by atoms with E-state index in [0.717, 1.165) is 23.4 Å². The van der Waals surface area contributed by atoms with Gasteiger partial charge in [-0.3, -0.25) is 9.59 Å². The fraction of sp³-hybridized carbons (Fsp3) is 0.450. The fourth-order valence-electron chi connectivity index (χ4n) is 3.33. The van der Waals surface area contributed by atoms with Crippen molar-refractivity contribution in [1.82, 2.24) is 9.91 Å². The third-order valence-corrected chi connectivity index (χ3v) is 5.89. The number of nitrogens with zero attached hydrogens (tertiary/aromatic N) is 3. The van der Waals surface area contributed by atoms with E-state index in [4.69, 9.17) is 9.15 Å². The first kappa shape index (κ1) is 18.9. The van der Waals surface area contributed by atoms with E-state index in [1.165, 1.54) is 5.01 Å². The summed E-state index contributed by atoms with van der Waals surface area (Å²) in [4.78, 5) is 28.3. The van der Waals surface area contributed by atoms with Crippen molar-refractivity contribution in [3.63, 3.8) is 0 Å². The molecule has 0 N–H and O–H groups in total. The van der Waals surface area contributed by atoms with E-state index in [0.29, 0.717) is 25.3 Å². The first-order valence-electron chi connectivity index (χ1n) is 9.42. The molecule has 0 spiro atoms. The average molecular weight is 401 g/mol. The molecule has 3 heterocycles. The molecule has 2 aromatic rings. The number of thiophene rings is 1. The highest BCUT2D eigenvalue weighted by Gasteiger charge is 2.38. The van der Waals surface area contributed by atoms with Gasteiger partial charge in [-0.25, -0.2) is 5.01 Å². The second kappa shape index (κ2) is 8.28. The maximum absolute atomic E-state index is 13.1. The molecule has 2 amide bonds. The lowest BCUT2D eigenvalue weighted by Gasteiger charge is -2.26. The summed E-state index contributed by atoms with van der Waals surface area (Å²) in [5.41, 5.74) is 0.863. The van der Waals surface area contributed by atoms with Crippen LogP contribution in [0.4, 0.5) is 0 Å². The first-order valence-corrected chi connectivity index (χ1v) is 10.3. The quantitative estimate of drug-likeness (QED) is 0.682. The van der Waals surface area contributed by atoms with Crippen molar-refractivity contribution in [2.45, 2.75) is 25.3 Å². The number of rotatable bonds is 8. The van der Waals surface area contributed by atoms with Gasteiger partial charge in [-0.15, -0.1) is 11.3 Å². The summed E-state index contributed by atoms with van der Waals surface area (Å²) in [6.45, 7) is 0.798. The molecule has 0 unspecified atom stereocenters. The number of methoxy groups -OCH3 is 1. The fourth-order valence-corrected chi connectivity index (χ4v) is 4.05. The van der Waals surface area contributed by atoms with Gasteiger partial charge in [0.25, 0.3) is 5.91 Å². The third kappa shape index (κ3) is 4.02. The smallest absolute Gasteiger partial charge is 0.262 e. The van der Waals surface area contributed by atoms with Crippen LogP contribution in [-0.4, -0.2) is 54.2 Å². The Kier molecular flexibility index (Phi) is 5.59. The van der Waals surface area contributed by atoms with Crippen LogP contribution in [0, 0.1) is 5.92 Å². The van der Waals surface area contributed by atoms with Crippen molar-refractivity contribution < 1.29 is 18.7 Å². The SMILES string of the molecule is COCCN(CC(=O)N1N=C(c2cccs2)C[C@@H]1c1ccco1)C(=O)C1CC1. The zero-order valence-corrected chi connectivity index (χ0v) is 16.6. The Bertz CT molecular complexity index is 843. The number of ether oxygens (including phenoxy) is 1. The molecular formula is C20H23N3O4S. The topological polar surface area (TPSA) is 75.3 Å². The second-order valence-corrected chi connectivity index (χ2v) is 7.97. The molecule has 148 valence electrons. The summed E-state index contributed by atoms with van der Waals surface area (Å²) in [5, 5.41) is 8.07. The zero-order chi connectivity index (χ0) is 19.5. The zero-order valence-electron chi connectivity index (χ0n) is 15.7. The lowest BCUT2D eigenvalue weighted by Crippen LogP contribution is -2.43. The van der Waals surface area contributed by atoms with E-state index in [9.17, 15) is 9.59 Å². The van der Waals surface area contributed by atoms with Gasteiger partial charge < -0.3 is 14.1 Å². The molecule has 8 heteroatoms. The maximum atomic E-state index is 13.1. The summed E-state index contributed by atoms with van der Waals surface area (Å²) in [7, 11) is 1.59. The van der Waals surface area contributed by atoms with Crippen LogP contribution < -0.4 is 0 Å². The van der Waals surface area contributed by atoms with Crippen LogP contribution in [0.2, 0.25) is 0 Å². The number of amides is 2. The van der Waals surface area contributed by atoms with Crippen LogP contribution in [0.25, 0.3) is 0 Å². The van der Waals surface area contributed by atoms with Crippen molar-refractivity contribution in [1.29, 1.82) is 0 Å². The maximum Gasteiger partial charge on any atom is 0.262 e. The molecule has 0 saturated heterocycles. The number of carbonyl (C=O) groups is 2. The molecule has 1 fully saturated rings. The number of carbonyl (C=O) groups excluding carboxylic acids is 2. The van der Waals surface area contributed by atoms with E-state index in [-0.39, 0.29) is 30.3 Å². The molecule has 1 saturated carbocycles. The van der Waals surface area contributed by atoms with Gasteiger partial charge in [-0.05, 0) is 36.4 Å². The average Bonchev–Trinajstić information content (AvgIpc) is 3.13. The Morgan fingerprint density at radius 3 is 2.86 bits per heavy atom. The highest BCUT2D eigenvalue weighted by atomic mass is 32.1. The summed E-state index contributed by atoms with van der Waals surface area (Å²) >= 11 is 1.59. The molecule has 28 heavy (non-hydrogen) atoms. The van der Waals surface area contributed by atoms with Gasteiger partial charge in [0, 0.05) is 26.0 Å². The molecule has 0 aromatic carbocycles. The van der Waals surface area contributed by atoms with Crippen molar-refractivity contribution in [3.05, 3.63) is 46.5 Å². The lowest BCUT2D eigenvalue weighted by molar-refractivity contribution is -0.143. The summed E-state index contributed by atoms with van der Waals surface area (Å²) in [5.74, 6) is 0.564. The molecular weight excluding hydrogens is 378 g/mol. The molecule has 0 bridgehead atoms. The molecule has 1 atom stereocenters. The Morgan fingerprint density at radius 1 is 1.36 bits per heavy atom. The molecule has 1 aliphatic heterocycles. The van der Waals surface area contributed by atoms with E-state index < -0.39 is 0 Å². The van der Waals surface area contributed by atoms with Crippen LogP contribution in [0.3, 0.4) is 0 Å². The molecule has 2 aromatic heterocycles. The van der Waals surface area contributed by atoms with Crippen molar-refractivity contribution >= 4 is 28.9 Å².